The van der Waals surface area contributed by atoms with Gasteiger partial charge in [0.2, 0.25) is 0 Å². The van der Waals surface area contributed by atoms with E-state index in [-0.39, 0.29) is 13.0 Å². The summed E-state index contributed by atoms with van der Waals surface area (Å²) in [5, 5.41) is 8.89. The molecule has 328 valence electrons. The first-order valence-electron chi connectivity index (χ1n) is 22.0. The Bertz CT molecular complexity index is 1180. The molecule has 0 aliphatic carbocycles. The van der Waals surface area contributed by atoms with Crippen molar-refractivity contribution in [1.82, 2.24) is 0 Å². The van der Waals surface area contributed by atoms with Crippen LogP contribution >= 0.6 is 7.82 Å². The van der Waals surface area contributed by atoms with Gasteiger partial charge in [-0.2, -0.15) is 0 Å². The number of unbranched alkanes of at least 4 members (excludes halogenated alkanes) is 15. The van der Waals surface area contributed by atoms with Crippen LogP contribution in [0.4, 0.5) is 0 Å². The lowest BCUT2D eigenvalue weighted by molar-refractivity contribution is -0.154. The zero-order valence-corrected chi connectivity index (χ0v) is 36.6. The zero-order chi connectivity index (χ0) is 41.9. The first kappa shape index (κ1) is 54.4. The van der Waals surface area contributed by atoms with Gasteiger partial charge >= 0.3 is 19.8 Å². The largest absolute Gasteiger partial charge is 0.480 e. The maximum absolute atomic E-state index is 12.6. The molecular formula is C46H80NO9P. The molecule has 4 N–H and O–H groups in total. The molecule has 0 aromatic carbocycles. The summed E-state index contributed by atoms with van der Waals surface area (Å²) in [6, 6.07) is -1.48. The van der Waals surface area contributed by atoms with Crippen molar-refractivity contribution in [3.63, 3.8) is 0 Å². The zero-order valence-electron chi connectivity index (χ0n) is 35.7. The van der Waals surface area contributed by atoms with Gasteiger partial charge in [0.1, 0.15) is 12.1 Å². The van der Waals surface area contributed by atoms with Crippen LogP contribution < -0.4 is 5.73 Å². The number of phosphoric acid groups is 1. The molecule has 0 aromatic rings. The van der Waals surface area contributed by atoms with Gasteiger partial charge in [0, 0.05) is 13.0 Å². The number of carboxylic acids is 1. The molecule has 57 heavy (non-hydrogen) atoms. The number of carbonyl (C=O) groups excluding carboxylic acids is 1. The maximum atomic E-state index is 12.6. The summed E-state index contributed by atoms with van der Waals surface area (Å²) in [7, 11) is -4.62. The smallest absolute Gasteiger partial charge is 0.472 e. The Labute approximate surface area is 346 Å². The molecule has 0 saturated heterocycles. The van der Waals surface area contributed by atoms with Crippen LogP contribution in [0.3, 0.4) is 0 Å². The molecule has 0 spiro atoms. The summed E-state index contributed by atoms with van der Waals surface area (Å²) in [4.78, 5) is 33.5. The van der Waals surface area contributed by atoms with E-state index < -0.39 is 45.1 Å². The molecule has 3 unspecified atom stereocenters. The van der Waals surface area contributed by atoms with Gasteiger partial charge in [-0.15, -0.1) is 0 Å². The fourth-order valence-electron chi connectivity index (χ4n) is 5.55. The third-order valence-electron chi connectivity index (χ3n) is 8.97. The van der Waals surface area contributed by atoms with Crippen LogP contribution in [0.25, 0.3) is 0 Å². The highest BCUT2D eigenvalue weighted by molar-refractivity contribution is 7.47. The number of carbonyl (C=O) groups is 2. The molecule has 0 rings (SSSR count). The van der Waals surface area contributed by atoms with Gasteiger partial charge in [-0.25, -0.2) is 4.57 Å². The van der Waals surface area contributed by atoms with E-state index in [0.29, 0.717) is 13.0 Å². The van der Waals surface area contributed by atoms with Gasteiger partial charge in [-0.1, -0.05) is 157 Å². The second-order valence-corrected chi connectivity index (χ2v) is 15.9. The van der Waals surface area contributed by atoms with Gasteiger partial charge in [0.15, 0.2) is 0 Å². The Morgan fingerprint density at radius 3 is 1.54 bits per heavy atom. The molecular weight excluding hydrogens is 741 g/mol. The minimum atomic E-state index is -4.62. The minimum Gasteiger partial charge on any atom is -0.480 e. The highest BCUT2D eigenvalue weighted by Crippen LogP contribution is 2.43. The van der Waals surface area contributed by atoms with Gasteiger partial charge in [-0.05, 0) is 77.0 Å². The van der Waals surface area contributed by atoms with Crippen molar-refractivity contribution >= 4 is 19.8 Å². The lowest BCUT2D eigenvalue weighted by Gasteiger charge is -2.20. The van der Waals surface area contributed by atoms with Crippen LogP contribution in [0.5, 0.6) is 0 Å². The van der Waals surface area contributed by atoms with Crippen LogP contribution in [0.1, 0.15) is 168 Å². The number of carboxylic acid groups (broad SMARTS) is 1. The fraction of sp³-hybridized carbons (Fsp3) is 0.696. The third-order valence-corrected chi connectivity index (χ3v) is 9.92. The van der Waals surface area contributed by atoms with Crippen molar-refractivity contribution in [2.75, 3.05) is 26.4 Å². The van der Waals surface area contributed by atoms with Crippen molar-refractivity contribution < 1.29 is 42.7 Å². The molecule has 0 aliphatic rings. The van der Waals surface area contributed by atoms with Crippen LogP contribution in [0, 0.1) is 0 Å². The number of esters is 1. The predicted molar refractivity (Wildman–Crippen MR) is 235 cm³/mol. The number of hydrogen-bond donors (Lipinski definition) is 3. The molecule has 0 radical (unpaired) electrons. The topological polar surface area (TPSA) is 155 Å². The summed E-state index contributed by atoms with van der Waals surface area (Å²) in [5.74, 6) is -1.80. The number of ether oxygens (including phenoxy) is 2. The average Bonchev–Trinajstić information content (AvgIpc) is 3.19. The Morgan fingerprint density at radius 2 is 1.02 bits per heavy atom. The normalized spacial score (nSPS) is 14.6. The standard InChI is InChI=1S/C46H80NO9P/c1-3-5-7-9-11-13-15-17-18-19-20-21-22-23-24-25-26-27-28-30-32-34-36-38-45(48)56-43(41-54-57(51,52)55-42-44(47)46(49)50)40-53-39-37-35-33-31-29-16-14-12-10-8-6-4-2/h5,7,10-13,17-18,20-21,23-24,43-44H,3-4,6,8-9,14-16,19,22,25-42,47H2,1-2H3,(H,49,50)(H,51,52)/b7-5-,12-10-,13-11-,18-17-,21-20-,24-23-. The average molecular weight is 822 g/mol. The maximum Gasteiger partial charge on any atom is 0.472 e. The van der Waals surface area contributed by atoms with E-state index in [4.69, 9.17) is 29.4 Å². The lowest BCUT2D eigenvalue weighted by atomic mass is 10.1. The summed E-state index contributed by atoms with van der Waals surface area (Å²) in [6.07, 6.45) is 50.9. The van der Waals surface area contributed by atoms with Crippen molar-refractivity contribution in [2.45, 2.75) is 180 Å². The second kappa shape index (κ2) is 41.6. The number of rotatable bonds is 41. The quantitative estimate of drug-likeness (QED) is 0.0235. The third kappa shape index (κ3) is 41.4. The predicted octanol–water partition coefficient (Wildman–Crippen LogP) is 12.2. The summed E-state index contributed by atoms with van der Waals surface area (Å²) in [6.45, 7) is 3.69. The number of aliphatic carboxylic acids is 1. The van der Waals surface area contributed by atoms with Gasteiger partial charge in [0.05, 0.1) is 19.8 Å². The Hall–Kier alpha value is -2.59. The number of hydrogen-bond acceptors (Lipinski definition) is 8. The SMILES string of the molecule is CC/C=C\C/C=C\C/C=C\C/C=C\C/C=C\CCCCCCCCCC(=O)OC(COCCCCCCCC/C=C\CCCC)COP(=O)(O)OCC(N)C(=O)O. The first-order chi connectivity index (χ1) is 27.7. The van der Waals surface area contributed by atoms with E-state index in [0.717, 1.165) is 83.5 Å². The molecule has 3 atom stereocenters. The van der Waals surface area contributed by atoms with E-state index in [9.17, 15) is 19.0 Å². The van der Waals surface area contributed by atoms with Crippen molar-refractivity contribution in [3.05, 3.63) is 72.9 Å². The van der Waals surface area contributed by atoms with Crippen molar-refractivity contribution in [2.24, 2.45) is 5.73 Å². The second-order valence-electron chi connectivity index (χ2n) is 14.4. The molecule has 11 heteroatoms. The number of nitrogens with two attached hydrogens (primary N) is 1. The van der Waals surface area contributed by atoms with E-state index in [1.165, 1.54) is 57.8 Å². The molecule has 0 amide bonds. The summed E-state index contributed by atoms with van der Waals surface area (Å²) < 4.78 is 33.3. The Morgan fingerprint density at radius 1 is 0.579 bits per heavy atom. The Balaban J connectivity index is 4.23. The van der Waals surface area contributed by atoms with E-state index in [2.05, 4.69) is 86.8 Å². The highest BCUT2D eigenvalue weighted by Gasteiger charge is 2.27. The van der Waals surface area contributed by atoms with Crippen molar-refractivity contribution in [1.29, 1.82) is 0 Å². The van der Waals surface area contributed by atoms with E-state index >= 15 is 0 Å². The Kier molecular flexibility index (Phi) is 39.7. The summed E-state index contributed by atoms with van der Waals surface area (Å²) >= 11 is 0. The number of allylic oxidation sites excluding steroid dienone is 12. The van der Waals surface area contributed by atoms with Crippen LogP contribution in [-0.4, -0.2) is 60.5 Å². The van der Waals surface area contributed by atoms with Gasteiger partial charge in [-0.3, -0.25) is 18.6 Å². The fourth-order valence-corrected chi connectivity index (χ4v) is 6.33. The molecule has 0 heterocycles. The van der Waals surface area contributed by atoms with Crippen molar-refractivity contribution in [3.8, 4) is 0 Å². The van der Waals surface area contributed by atoms with Gasteiger partial charge in [0.25, 0.3) is 0 Å². The van der Waals surface area contributed by atoms with E-state index in [1.54, 1.807) is 0 Å². The van der Waals surface area contributed by atoms with E-state index in [1.807, 2.05) is 0 Å². The lowest BCUT2D eigenvalue weighted by Crippen LogP contribution is -2.34. The number of phosphoric ester groups is 1. The first-order valence-corrected chi connectivity index (χ1v) is 23.5. The van der Waals surface area contributed by atoms with Crippen LogP contribution in [0.15, 0.2) is 72.9 Å². The minimum absolute atomic E-state index is 0.00433. The van der Waals surface area contributed by atoms with Crippen LogP contribution in [-0.2, 0) is 32.7 Å². The molecule has 0 fully saturated rings. The van der Waals surface area contributed by atoms with Gasteiger partial charge < -0.3 is 25.2 Å². The monoisotopic (exact) mass is 822 g/mol. The highest BCUT2D eigenvalue weighted by atomic mass is 31.2. The van der Waals surface area contributed by atoms with Crippen LogP contribution in [0.2, 0.25) is 0 Å². The molecule has 0 aromatic heterocycles. The summed E-state index contributed by atoms with van der Waals surface area (Å²) in [5.41, 5.74) is 5.35. The molecule has 0 aliphatic heterocycles. The molecule has 0 bridgehead atoms. The molecule has 10 nitrogen and oxygen atoms in total. The molecule has 0 saturated carbocycles.